The Bertz CT molecular complexity index is 209. The molecule has 0 bridgehead atoms. The van der Waals surface area contributed by atoms with Crippen molar-refractivity contribution in [1.29, 1.82) is 0 Å². The van der Waals surface area contributed by atoms with Gasteiger partial charge in [-0.15, -0.1) is 0 Å². The molecule has 0 saturated carbocycles. The second kappa shape index (κ2) is 7.56. The molecule has 0 aromatic carbocycles. The molecule has 0 heteroatoms. The van der Waals surface area contributed by atoms with Crippen LogP contribution in [0.5, 0.6) is 0 Å². The predicted molar refractivity (Wildman–Crippen MR) is 84.9 cm³/mol. The molecule has 0 aromatic rings. The molecule has 110 valence electrons. The maximum Gasteiger partial charge on any atom is -0.0318 e. The van der Waals surface area contributed by atoms with Gasteiger partial charge in [-0.3, -0.25) is 0 Å². The molecular weight excluding hydrogens is 216 g/mol. The first-order valence-electron chi connectivity index (χ1n) is 8.08. The van der Waals surface area contributed by atoms with Gasteiger partial charge in [0.25, 0.3) is 0 Å². The summed E-state index contributed by atoms with van der Waals surface area (Å²) >= 11 is 0. The normalized spacial score (nSPS) is 17.8. The van der Waals surface area contributed by atoms with Crippen molar-refractivity contribution in [3.05, 3.63) is 0 Å². The van der Waals surface area contributed by atoms with Crippen molar-refractivity contribution in [3.8, 4) is 0 Å². The first-order chi connectivity index (χ1) is 8.08. The number of hydrogen-bond acceptors (Lipinski definition) is 0. The minimum absolute atomic E-state index is 0.456. The van der Waals surface area contributed by atoms with E-state index in [1.165, 1.54) is 38.5 Å². The molecule has 0 aliphatic rings. The van der Waals surface area contributed by atoms with E-state index in [-0.39, 0.29) is 0 Å². The van der Waals surface area contributed by atoms with E-state index >= 15 is 0 Å². The first-order valence-corrected chi connectivity index (χ1v) is 8.08. The Morgan fingerprint density at radius 3 is 1.83 bits per heavy atom. The molecule has 18 heavy (non-hydrogen) atoms. The van der Waals surface area contributed by atoms with Crippen LogP contribution < -0.4 is 0 Å². The molecule has 0 aromatic heterocycles. The Hall–Kier alpha value is 0. The highest BCUT2D eigenvalue weighted by Gasteiger charge is 2.31. The second-order valence-electron chi connectivity index (χ2n) is 8.58. The zero-order chi connectivity index (χ0) is 14.4. The summed E-state index contributed by atoms with van der Waals surface area (Å²) in [5.41, 5.74) is 0.995. The fourth-order valence-electron chi connectivity index (χ4n) is 3.62. The van der Waals surface area contributed by atoms with Gasteiger partial charge in [-0.25, -0.2) is 0 Å². The highest BCUT2D eigenvalue weighted by atomic mass is 14.4. The van der Waals surface area contributed by atoms with Crippen LogP contribution in [0.2, 0.25) is 0 Å². The van der Waals surface area contributed by atoms with Crippen molar-refractivity contribution in [2.75, 3.05) is 0 Å². The lowest BCUT2D eigenvalue weighted by Crippen LogP contribution is -2.26. The van der Waals surface area contributed by atoms with E-state index in [4.69, 9.17) is 0 Å². The van der Waals surface area contributed by atoms with Crippen LogP contribution in [0.1, 0.15) is 93.9 Å². The third kappa shape index (κ3) is 9.00. The van der Waals surface area contributed by atoms with Crippen molar-refractivity contribution in [2.45, 2.75) is 93.9 Å². The standard InChI is InChI=1S/C18H38/c1-9-10-16(4)13-18(8,12-11-15(2)3)14-17(5,6)7/h15-16H,9-14H2,1-8H3. The summed E-state index contributed by atoms with van der Waals surface area (Å²) in [6.07, 6.45) is 8.27. The van der Waals surface area contributed by atoms with Gasteiger partial charge in [-0.1, -0.05) is 74.7 Å². The Balaban J connectivity index is 4.58. The number of rotatable bonds is 8. The third-order valence-corrected chi connectivity index (χ3v) is 3.91. The Morgan fingerprint density at radius 1 is 0.889 bits per heavy atom. The summed E-state index contributed by atoms with van der Waals surface area (Å²) < 4.78 is 0. The molecule has 0 heterocycles. The lowest BCUT2D eigenvalue weighted by atomic mass is 9.67. The molecule has 0 saturated heterocycles. The van der Waals surface area contributed by atoms with E-state index in [0.717, 1.165) is 11.8 Å². The summed E-state index contributed by atoms with van der Waals surface area (Å²) in [6.45, 7) is 19.2. The van der Waals surface area contributed by atoms with E-state index in [1.807, 2.05) is 0 Å². The summed E-state index contributed by atoms with van der Waals surface area (Å²) in [5, 5.41) is 0. The topological polar surface area (TPSA) is 0 Å². The van der Waals surface area contributed by atoms with Crippen molar-refractivity contribution < 1.29 is 0 Å². The highest BCUT2D eigenvalue weighted by molar-refractivity contribution is 4.82. The smallest absolute Gasteiger partial charge is 0.0318 e. The van der Waals surface area contributed by atoms with Gasteiger partial charge in [0.05, 0.1) is 0 Å². The van der Waals surface area contributed by atoms with Crippen molar-refractivity contribution in [3.63, 3.8) is 0 Å². The van der Waals surface area contributed by atoms with Gasteiger partial charge < -0.3 is 0 Å². The quantitative estimate of drug-likeness (QED) is 0.452. The molecular formula is C18H38. The Morgan fingerprint density at radius 2 is 1.44 bits per heavy atom. The molecule has 0 aliphatic heterocycles. The summed E-state index contributed by atoms with van der Waals surface area (Å²) in [6, 6.07) is 0. The summed E-state index contributed by atoms with van der Waals surface area (Å²) in [4.78, 5) is 0. The lowest BCUT2D eigenvalue weighted by molar-refractivity contribution is 0.131. The zero-order valence-electron chi connectivity index (χ0n) is 14.4. The summed E-state index contributed by atoms with van der Waals surface area (Å²) in [7, 11) is 0. The molecule has 0 radical (unpaired) electrons. The molecule has 0 aliphatic carbocycles. The summed E-state index contributed by atoms with van der Waals surface area (Å²) in [5.74, 6) is 1.72. The fourth-order valence-corrected chi connectivity index (χ4v) is 3.62. The molecule has 0 spiro atoms. The Kier molecular flexibility index (Phi) is 7.56. The molecule has 0 N–H and O–H groups in total. The molecule has 2 atom stereocenters. The molecule has 0 nitrogen and oxygen atoms in total. The van der Waals surface area contributed by atoms with E-state index < -0.39 is 0 Å². The van der Waals surface area contributed by atoms with E-state index in [1.54, 1.807) is 0 Å². The fraction of sp³-hybridized carbons (Fsp3) is 1.00. The zero-order valence-corrected chi connectivity index (χ0v) is 14.4. The maximum atomic E-state index is 2.53. The molecule has 0 amide bonds. The minimum atomic E-state index is 0.456. The SMILES string of the molecule is CCCC(C)CC(C)(CCC(C)C)CC(C)(C)C. The van der Waals surface area contributed by atoms with Crippen LogP contribution in [0.15, 0.2) is 0 Å². The van der Waals surface area contributed by atoms with Gasteiger partial charge in [0.1, 0.15) is 0 Å². The van der Waals surface area contributed by atoms with Crippen LogP contribution in [0, 0.1) is 22.7 Å². The van der Waals surface area contributed by atoms with E-state index in [0.29, 0.717) is 10.8 Å². The number of hydrogen-bond donors (Lipinski definition) is 0. The van der Waals surface area contributed by atoms with Crippen molar-refractivity contribution in [1.82, 2.24) is 0 Å². The second-order valence-corrected chi connectivity index (χ2v) is 8.58. The predicted octanol–water partition coefficient (Wildman–Crippen LogP) is 6.69. The largest absolute Gasteiger partial charge is 0.0654 e. The van der Waals surface area contributed by atoms with Crippen LogP contribution >= 0.6 is 0 Å². The average molecular weight is 255 g/mol. The van der Waals surface area contributed by atoms with Crippen molar-refractivity contribution in [2.24, 2.45) is 22.7 Å². The molecule has 2 unspecified atom stereocenters. The molecule has 0 rings (SSSR count). The van der Waals surface area contributed by atoms with Crippen molar-refractivity contribution >= 4 is 0 Å². The lowest BCUT2D eigenvalue weighted by Gasteiger charge is -2.38. The maximum absolute atomic E-state index is 2.53. The van der Waals surface area contributed by atoms with Gasteiger partial charge in [0.15, 0.2) is 0 Å². The van der Waals surface area contributed by atoms with E-state index in [9.17, 15) is 0 Å². The average Bonchev–Trinajstić information content (AvgIpc) is 2.11. The van der Waals surface area contributed by atoms with Gasteiger partial charge in [0.2, 0.25) is 0 Å². The monoisotopic (exact) mass is 254 g/mol. The van der Waals surface area contributed by atoms with Crippen LogP contribution in [0.3, 0.4) is 0 Å². The van der Waals surface area contributed by atoms with Gasteiger partial charge in [0, 0.05) is 0 Å². The van der Waals surface area contributed by atoms with Gasteiger partial charge in [-0.05, 0) is 41.9 Å². The van der Waals surface area contributed by atoms with Crippen LogP contribution in [0.25, 0.3) is 0 Å². The van der Waals surface area contributed by atoms with Crippen LogP contribution in [-0.4, -0.2) is 0 Å². The third-order valence-electron chi connectivity index (χ3n) is 3.91. The highest BCUT2D eigenvalue weighted by Crippen LogP contribution is 2.43. The van der Waals surface area contributed by atoms with Gasteiger partial charge in [-0.2, -0.15) is 0 Å². The van der Waals surface area contributed by atoms with Crippen LogP contribution in [-0.2, 0) is 0 Å². The molecule has 0 fully saturated rings. The van der Waals surface area contributed by atoms with Gasteiger partial charge >= 0.3 is 0 Å². The first kappa shape index (κ1) is 18.0. The van der Waals surface area contributed by atoms with E-state index in [2.05, 4.69) is 55.4 Å². The van der Waals surface area contributed by atoms with Crippen LogP contribution in [0.4, 0.5) is 0 Å². The minimum Gasteiger partial charge on any atom is -0.0654 e. The Labute approximate surface area is 117 Å².